The summed E-state index contributed by atoms with van der Waals surface area (Å²) in [6.07, 6.45) is 10.7. The van der Waals surface area contributed by atoms with E-state index < -0.39 is 0 Å². The maximum absolute atomic E-state index is 9.79. The second-order valence-corrected chi connectivity index (χ2v) is 5.92. The fourth-order valence-electron chi connectivity index (χ4n) is 3.07. The lowest BCUT2D eigenvalue weighted by Crippen LogP contribution is -2.00. The van der Waals surface area contributed by atoms with Crippen LogP contribution in [0.1, 0.15) is 0 Å². The van der Waals surface area contributed by atoms with Gasteiger partial charge in [-0.3, -0.25) is 9.38 Å². The number of fused-ring (bicyclic) bond motifs is 2. The molecule has 4 heterocycles. The fourth-order valence-corrected chi connectivity index (χ4v) is 3.07. The maximum atomic E-state index is 9.79. The van der Waals surface area contributed by atoms with Crippen molar-refractivity contribution in [3.05, 3.63) is 67.5 Å². The number of nitrogens with zero attached hydrogens (tertiary/aromatic N) is 4. The van der Waals surface area contributed by atoms with Gasteiger partial charge >= 0.3 is 0 Å². The first-order chi connectivity index (χ1) is 12.8. The molecule has 26 heavy (non-hydrogen) atoms. The van der Waals surface area contributed by atoms with Gasteiger partial charge in [-0.1, -0.05) is 6.07 Å². The molecule has 4 aromatic heterocycles. The zero-order chi connectivity index (χ0) is 17.5. The van der Waals surface area contributed by atoms with Crippen molar-refractivity contribution in [3.63, 3.8) is 0 Å². The van der Waals surface area contributed by atoms with Crippen molar-refractivity contribution in [1.29, 1.82) is 0 Å². The molecule has 0 saturated heterocycles. The van der Waals surface area contributed by atoms with Gasteiger partial charge in [-0.2, -0.15) is 0 Å². The molecule has 7 nitrogen and oxygen atoms in total. The smallest absolute Gasteiger partial charge is 0.196 e. The van der Waals surface area contributed by atoms with Crippen LogP contribution < -0.4 is 5.32 Å². The van der Waals surface area contributed by atoms with Crippen LogP contribution in [0.5, 0.6) is 5.88 Å². The van der Waals surface area contributed by atoms with Gasteiger partial charge in [-0.05, 0) is 24.3 Å². The van der Waals surface area contributed by atoms with E-state index in [1.165, 1.54) is 0 Å². The topological polar surface area (TPSA) is 91.1 Å². The highest BCUT2D eigenvalue weighted by Crippen LogP contribution is 2.30. The number of aromatic hydroxyl groups is 1. The molecule has 0 saturated carbocycles. The standard InChI is InChI=1S/C19H14N6O/c26-19-15-4-3-12(8-13(15)9-23-19)16-11-22-17(18-21-6-7-25(16)18)24-14-2-1-5-20-10-14/h1-11,23,26H,(H,22,24). The summed E-state index contributed by atoms with van der Waals surface area (Å²) >= 11 is 0. The van der Waals surface area contributed by atoms with Gasteiger partial charge in [0.05, 0.1) is 23.8 Å². The molecule has 0 bridgehead atoms. The first-order valence-corrected chi connectivity index (χ1v) is 8.09. The summed E-state index contributed by atoms with van der Waals surface area (Å²) in [7, 11) is 0. The number of pyridine rings is 1. The van der Waals surface area contributed by atoms with E-state index in [0.717, 1.165) is 33.4 Å². The molecule has 0 aliphatic carbocycles. The molecule has 0 unspecified atom stereocenters. The van der Waals surface area contributed by atoms with Gasteiger partial charge in [0, 0.05) is 41.1 Å². The number of nitrogens with one attached hydrogen (secondary N) is 2. The first kappa shape index (κ1) is 14.5. The van der Waals surface area contributed by atoms with Crippen LogP contribution in [0.15, 0.2) is 67.5 Å². The second-order valence-electron chi connectivity index (χ2n) is 5.92. The van der Waals surface area contributed by atoms with Crippen molar-refractivity contribution >= 4 is 27.9 Å². The number of hydrogen-bond acceptors (Lipinski definition) is 5. The lowest BCUT2D eigenvalue weighted by atomic mass is 10.1. The summed E-state index contributed by atoms with van der Waals surface area (Å²) in [4.78, 5) is 15.9. The minimum Gasteiger partial charge on any atom is -0.494 e. The average molecular weight is 342 g/mol. The van der Waals surface area contributed by atoms with Crippen molar-refractivity contribution in [3.8, 4) is 17.1 Å². The number of H-pyrrole nitrogens is 1. The Bertz CT molecular complexity index is 1220. The molecule has 126 valence electrons. The van der Waals surface area contributed by atoms with Gasteiger partial charge in [-0.15, -0.1) is 0 Å². The Morgan fingerprint density at radius 1 is 1.08 bits per heavy atom. The van der Waals surface area contributed by atoms with Gasteiger partial charge in [-0.25, -0.2) is 9.97 Å². The highest BCUT2D eigenvalue weighted by Gasteiger charge is 2.12. The van der Waals surface area contributed by atoms with E-state index >= 15 is 0 Å². The molecular formula is C19H14N6O. The molecule has 7 heteroatoms. The number of benzene rings is 1. The van der Waals surface area contributed by atoms with Crippen LogP contribution in [0.3, 0.4) is 0 Å². The van der Waals surface area contributed by atoms with E-state index in [2.05, 4.69) is 25.3 Å². The van der Waals surface area contributed by atoms with Crippen molar-refractivity contribution in [2.24, 2.45) is 0 Å². The maximum Gasteiger partial charge on any atom is 0.196 e. The molecule has 0 fully saturated rings. The van der Waals surface area contributed by atoms with Crippen molar-refractivity contribution in [1.82, 2.24) is 24.3 Å². The van der Waals surface area contributed by atoms with Crippen molar-refractivity contribution < 1.29 is 5.11 Å². The van der Waals surface area contributed by atoms with Gasteiger partial charge in [0.1, 0.15) is 0 Å². The number of rotatable bonds is 3. The quantitative estimate of drug-likeness (QED) is 0.465. The van der Waals surface area contributed by atoms with Crippen LogP contribution >= 0.6 is 0 Å². The van der Waals surface area contributed by atoms with Crippen LogP contribution in [0.4, 0.5) is 11.5 Å². The second kappa shape index (κ2) is 5.59. The van der Waals surface area contributed by atoms with Crippen LogP contribution in [-0.2, 0) is 0 Å². The molecule has 0 atom stereocenters. The van der Waals surface area contributed by atoms with Crippen molar-refractivity contribution in [2.75, 3.05) is 5.32 Å². The SMILES string of the molecule is Oc1[nH]cc2cc(-c3cnc(Nc4cccnc4)c4nccn34)ccc12. The first-order valence-electron chi connectivity index (χ1n) is 8.09. The Morgan fingerprint density at radius 3 is 2.92 bits per heavy atom. The predicted octanol–water partition coefficient (Wildman–Crippen LogP) is 3.72. The molecule has 3 N–H and O–H groups in total. The van der Waals surface area contributed by atoms with E-state index in [4.69, 9.17) is 0 Å². The molecule has 1 aromatic carbocycles. The van der Waals surface area contributed by atoms with Crippen LogP contribution in [-0.4, -0.2) is 29.4 Å². The van der Waals surface area contributed by atoms with Crippen molar-refractivity contribution in [2.45, 2.75) is 0 Å². The van der Waals surface area contributed by atoms with E-state index in [1.54, 1.807) is 31.0 Å². The molecule has 5 aromatic rings. The third-order valence-electron chi connectivity index (χ3n) is 4.32. The third-order valence-corrected chi connectivity index (χ3v) is 4.32. The van der Waals surface area contributed by atoms with Crippen LogP contribution in [0.25, 0.3) is 27.7 Å². The predicted molar refractivity (Wildman–Crippen MR) is 99.5 cm³/mol. The summed E-state index contributed by atoms with van der Waals surface area (Å²) < 4.78 is 1.99. The summed E-state index contributed by atoms with van der Waals surface area (Å²) in [5, 5.41) is 14.8. The zero-order valence-electron chi connectivity index (χ0n) is 13.6. The van der Waals surface area contributed by atoms with Gasteiger partial charge < -0.3 is 15.4 Å². The number of aromatic nitrogens is 5. The highest BCUT2D eigenvalue weighted by molar-refractivity contribution is 5.91. The summed E-state index contributed by atoms with van der Waals surface area (Å²) in [6.45, 7) is 0. The third kappa shape index (κ3) is 2.26. The molecular weight excluding hydrogens is 328 g/mol. The Morgan fingerprint density at radius 2 is 2.04 bits per heavy atom. The monoisotopic (exact) mass is 342 g/mol. The van der Waals surface area contributed by atoms with E-state index in [0.29, 0.717) is 5.82 Å². The van der Waals surface area contributed by atoms with E-state index in [-0.39, 0.29) is 5.88 Å². The van der Waals surface area contributed by atoms with Crippen LogP contribution in [0, 0.1) is 0 Å². The Balaban J connectivity index is 1.62. The molecule has 0 aliphatic rings. The normalized spacial score (nSPS) is 11.2. The Labute approximate surface area is 148 Å². The minimum atomic E-state index is 0.175. The highest BCUT2D eigenvalue weighted by atomic mass is 16.3. The van der Waals surface area contributed by atoms with Gasteiger partial charge in [0.25, 0.3) is 0 Å². The Hall–Kier alpha value is -3.87. The molecule has 0 aliphatic heterocycles. The number of aromatic amines is 1. The molecule has 0 spiro atoms. The molecule has 5 rings (SSSR count). The molecule has 0 radical (unpaired) electrons. The number of anilines is 2. The molecule has 0 amide bonds. The zero-order valence-corrected chi connectivity index (χ0v) is 13.6. The number of hydrogen-bond donors (Lipinski definition) is 3. The number of imidazole rings is 1. The van der Waals surface area contributed by atoms with E-state index in [9.17, 15) is 5.11 Å². The van der Waals surface area contributed by atoms with E-state index in [1.807, 2.05) is 40.9 Å². The lowest BCUT2D eigenvalue weighted by molar-refractivity contribution is 0.462. The van der Waals surface area contributed by atoms with Gasteiger partial charge in [0.15, 0.2) is 17.3 Å². The largest absolute Gasteiger partial charge is 0.494 e. The minimum absolute atomic E-state index is 0.175. The lowest BCUT2D eigenvalue weighted by Gasteiger charge is -2.10. The summed E-state index contributed by atoms with van der Waals surface area (Å²) in [5.41, 5.74) is 3.47. The fraction of sp³-hybridized carbons (Fsp3) is 0. The average Bonchev–Trinajstić information content (AvgIpc) is 3.30. The Kier molecular flexibility index (Phi) is 3.11. The van der Waals surface area contributed by atoms with Crippen LogP contribution in [0.2, 0.25) is 0 Å². The summed E-state index contributed by atoms with van der Waals surface area (Å²) in [6, 6.07) is 9.65. The van der Waals surface area contributed by atoms with Gasteiger partial charge in [0.2, 0.25) is 0 Å². The summed E-state index contributed by atoms with van der Waals surface area (Å²) in [5.74, 6) is 0.834.